The van der Waals surface area contributed by atoms with Crippen LogP contribution in [0.5, 0.6) is 5.75 Å². The van der Waals surface area contributed by atoms with Gasteiger partial charge in [0, 0.05) is 23.4 Å². The number of fused-ring (bicyclic) bond motifs is 2. The first-order valence-electron chi connectivity index (χ1n) is 12.5. The number of amides is 2. The largest absolute Gasteiger partial charge is 0.496 e. The van der Waals surface area contributed by atoms with E-state index in [1.54, 1.807) is 30.3 Å². The molecule has 2 aliphatic carbocycles. The standard InChI is InChI=1S/C29H25F5N2O3/c1-39-24-14-23(31)19(15-5-3-2-4-6-15)13-20(24)27(37)36-26-17-8-7-16(11-17)25(26)28(38)35-18-9-10-22(30)21(12-18)29(32,33)34/h2-6,9-10,12-14,16-17,25-26H,7-8,11H2,1H3,(H,35,38)(H,36,37)/t16-,17+,25+,26-/m1/s1. The molecule has 0 spiro atoms. The molecule has 3 aromatic carbocycles. The van der Waals surface area contributed by atoms with E-state index in [4.69, 9.17) is 4.74 Å². The van der Waals surface area contributed by atoms with Crippen molar-refractivity contribution < 1.29 is 36.3 Å². The Hall–Kier alpha value is -3.95. The van der Waals surface area contributed by atoms with Crippen molar-refractivity contribution in [2.24, 2.45) is 17.8 Å². The van der Waals surface area contributed by atoms with Crippen LogP contribution in [0.4, 0.5) is 27.6 Å². The van der Waals surface area contributed by atoms with E-state index < -0.39 is 47.1 Å². The van der Waals surface area contributed by atoms with Gasteiger partial charge in [0.15, 0.2) is 0 Å². The van der Waals surface area contributed by atoms with Gasteiger partial charge in [-0.1, -0.05) is 30.3 Å². The minimum Gasteiger partial charge on any atom is -0.496 e. The van der Waals surface area contributed by atoms with E-state index in [1.807, 2.05) is 0 Å². The molecule has 0 aliphatic heterocycles. The summed E-state index contributed by atoms with van der Waals surface area (Å²) >= 11 is 0. The molecular weight excluding hydrogens is 519 g/mol. The fourth-order valence-corrected chi connectivity index (χ4v) is 5.89. The Morgan fingerprint density at radius 1 is 0.923 bits per heavy atom. The normalized spacial score (nSPS) is 22.0. The van der Waals surface area contributed by atoms with E-state index in [0.717, 1.165) is 25.0 Å². The van der Waals surface area contributed by atoms with E-state index in [1.165, 1.54) is 13.2 Å². The summed E-state index contributed by atoms with van der Waals surface area (Å²) < 4.78 is 73.2. The van der Waals surface area contributed by atoms with Gasteiger partial charge in [-0.3, -0.25) is 9.59 Å². The van der Waals surface area contributed by atoms with Crippen LogP contribution in [-0.4, -0.2) is 25.0 Å². The maximum atomic E-state index is 14.8. The van der Waals surface area contributed by atoms with E-state index in [9.17, 15) is 31.5 Å². The van der Waals surface area contributed by atoms with Gasteiger partial charge in [0.2, 0.25) is 5.91 Å². The Labute approximate surface area is 221 Å². The zero-order valence-corrected chi connectivity index (χ0v) is 20.8. The Morgan fingerprint density at radius 3 is 2.33 bits per heavy atom. The summed E-state index contributed by atoms with van der Waals surface area (Å²) in [4.78, 5) is 26.7. The lowest BCUT2D eigenvalue weighted by atomic mass is 9.83. The molecule has 0 saturated heterocycles. The minimum atomic E-state index is -4.92. The van der Waals surface area contributed by atoms with E-state index in [2.05, 4.69) is 10.6 Å². The summed E-state index contributed by atoms with van der Waals surface area (Å²) in [5.41, 5.74) is -0.792. The molecule has 39 heavy (non-hydrogen) atoms. The molecular formula is C29H25F5N2O3. The second kappa shape index (κ2) is 10.3. The molecule has 2 fully saturated rings. The SMILES string of the molecule is COc1cc(F)c(-c2ccccc2)cc1C(=O)N[C@@H]1[C@H]2CC[C@H](C2)[C@@H]1C(=O)Nc1ccc(F)c(C(F)(F)F)c1. The number of halogens is 5. The average molecular weight is 545 g/mol. The number of benzene rings is 3. The second-order valence-corrected chi connectivity index (χ2v) is 9.94. The highest BCUT2D eigenvalue weighted by atomic mass is 19.4. The topological polar surface area (TPSA) is 67.4 Å². The van der Waals surface area contributed by atoms with Gasteiger partial charge in [-0.15, -0.1) is 0 Å². The van der Waals surface area contributed by atoms with Crippen LogP contribution in [0.15, 0.2) is 60.7 Å². The predicted octanol–water partition coefficient (Wildman–Crippen LogP) is 6.44. The quantitative estimate of drug-likeness (QED) is 0.351. The van der Waals surface area contributed by atoms with Crippen molar-refractivity contribution in [2.45, 2.75) is 31.5 Å². The van der Waals surface area contributed by atoms with Crippen molar-refractivity contribution in [1.29, 1.82) is 0 Å². The Morgan fingerprint density at radius 2 is 1.64 bits per heavy atom. The van der Waals surface area contributed by atoms with Crippen LogP contribution in [0.1, 0.15) is 35.2 Å². The summed E-state index contributed by atoms with van der Waals surface area (Å²) in [6.07, 6.45) is -2.72. The third kappa shape index (κ3) is 5.20. The molecule has 5 nitrogen and oxygen atoms in total. The summed E-state index contributed by atoms with van der Waals surface area (Å²) in [6.45, 7) is 0. The van der Waals surface area contributed by atoms with Gasteiger partial charge >= 0.3 is 6.18 Å². The number of nitrogens with one attached hydrogen (secondary N) is 2. The van der Waals surface area contributed by atoms with Crippen LogP contribution >= 0.6 is 0 Å². The number of hydrogen-bond donors (Lipinski definition) is 2. The molecule has 3 aromatic rings. The molecule has 0 heterocycles. The first-order chi connectivity index (χ1) is 18.6. The first-order valence-corrected chi connectivity index (χ1v) is 12.5. The average Bonchev–Trinajstić information content (AvgIpc) is 3.51. The summed E-state index contributed by atoms with van der Waals surface area (Å²) in [7, 11) is 1.32. The Bertz CT molecular complexity index is 1410. The number of rotatable bonds is 6. The van der Waals surface area contributed by atoms with Crippen LogP contribution in [0.3, 0.4) is 0 Å². The Balaban J connectivity index is 1.40. The molecule has 5 rings (SSSR count). The molecule has 2 aliphatic rings. The number of methoxy groups -OCH3 is 1. The zero-order chi connectivity index (χ0) is 27.9. The number of carbonyl (C=O) groups is 2. The maximum Gasteiger partial charge on any atom is 0.419 e. The zero-order valence-electron chi connectivity index (χ0n) is 20.8. The molecule has 0 unspecified atom stereocenters. The smallest absolute Gasteiger partial charge is 0.419 e. The minimum absolute atomic E-state index is 0.00584. The van der Waals surface area contributed by atoms with Gasteiger partial charge in [0.05, 0.1) is 24.2 Å². The lowest BCUT2D eigenvalue weighted by molar-refractivity contribution is -0.140. The molecule has 204 valence electrons. The third-order valence-electron chi connectivity index (χ3n) is 7.67. The fraction of sp³-hybridized carbons (Fsp3) is 0.310. The van der Waals surface area contributed by atoms with Crippen LogP contribution < -0.4 is 15.4 Å². The summed E-state index contributed by atoms with van der Waals surface area (Å²) in [5.74, 6) is -3.86. The molecule has 0 aromatic heterocycles. The number of carbonyl (C=O) groups excluding carboxylic acids is 2. The van der Waals surface area contributed by atoms with Crippen molar-refractivity contribution in [1.82, 2.24) is 5.32 Å². The van der Waals surface area contributed by atoms with Gasteiger partial charge in [-0.2, -0.15) is 13.2 Å². The second-order valence-electron chi connectivity index (χ2n) is 9.94. The van der Waals surface area contributed by atoms with E-state index in [-0.39, 0.29) is 34.4 Å². The predicted molar refractivity (Wildman–Crippen MR) is 134 cm³/mol. The number of alkyl halides is 3. The molecule has 4 atom stereocenters. The van der Waals surface area contributed by atoms with Gasteiger partial charge < -0.3 is 15.4 Å². The van der Waals surface area contributed by atoms with Crippen molar-refractivity contribution >= 4 is 17.5 Å². The lowest BCUT2D eigenvalue weighted by Gasteiger charge is -2.31. The highest BCUT2D eigenvalue weighted by Gasteiger charge is 2.51. The summed E-state index contributed by atoms with van der Waals surface area (Å²) in [6, 6.07) is 12.9. The lowest BCUT2D eigenvalue weighted by Crippen LogP contribution is -2.48. The highest BCUT2D eigenvalue weighted by molar-refractivity contribution is 6.00. The molecule has 10 heteroatoms. The van der Waals surface area contributed by atoms with Crippen LogP contribution in [0, 0.1) is 29.4 Å². The van der Waals surface area contributed by atoms with E-state index >= 15 is 0 Å². The number of anilines is 1. The number of ether oxygens (including phenoxy) is 1. The summed E-state index contributed by atoms with van der Waals surface area (Å²) in [5, 5.41) is 5.40. The van der Waals surface area contributed by atoms with Gasteiger partial charge in [0.1, 0.15) is 17.4 Å². The monoisotopic (exact) mass is 544 g/mol. The molecule has 2 bridgehead atoms. The molecule has 2 saturated carbocycles. The van der Waals surface area contributed by atoms with Crippen molar-refractivity contribution in [2.75, 3.05) is 12.4 Å². The maximum absolute atomic E-state index is 14.8. The van der Waals surface area contributed by atoms with Crippen LogP contribution in [0.2, 0.25) is 0 Å². The van der Waals surface area contributed by atoms with Gasteiger partial charge in [-0.05, 0) is 60.9 Å². The number of hydrogen-bond acceptors (Lipinski definition) is 3. The van der Waals surface area contributed by atoms with Gasteiger partial charge in [-0.25, -0.2) is 8.78 Å². The fourth-order valence-electron chi connectivity index (χ4n) is 5.89. The third-order valence-corrected chi connectivity index (χ3v) is 7.67. The highest BCUT2D eigenvalue weighted by Crippen LogP contribution is 2.49. The molecule has 2 N–H and O–H groups in total. The van der Waals surface area contributed by atoms with Crippen molar-refractivity contribution in [3.8, 4) is 16.9 Å². The van der Waals surface area contributed by atoms with Crippen LogP contribution in [-0.2, 0) is 11.0 Å². The van der Waals surface area contributed by atoms with Crippen molar-refractivity contribution in [3.05, 3.63) is 83.4 Å². The van der Waals surface area contributed by atoms with E-state index in [0.29, 0.717) is 24.1 Å². The molecule has 0 radical (unpaired) electrons. The van der Waals surface area contributed by atoms with Crippen LogP contribution in [0.25, 0.3) is 11.1 Å². The van der Waals surface area contributed by atoms with Gasteiger partial charge in [0.25, 0.3) is 5.91 Å². The Kier molecular flexibility index (Phi) is 7.05. The first kappa shape index (κ1) is 26.6. The van der Waals surface area contributed by atoms with Crippen molar-refractivity contribution in [3.63, 3.8) is 0 Å². The molecule has 2 amide bonds.